The Morgan fingerprint density at radius 2 is 2.31 bits per heavy atom. The predicted octanol–water partition coefficient (Wildman–Crippen LogP) is 1.49. The molecule has 0 saturated carbocycles. The lowest BCUT2D eigenvalue weighted by Crippen LogP contribution is -2.18. The van der Waals surface area contributed by atoms with Crippen molar-refractivity contribution in [3.05, 3.63) is 35.9 Å². The monoisotopic (exact) mass is 379 g/mol. The van der Waals surface area contributed by atoms with Crippen LogP contribution in [0.4, 0.5) is 5.69 Å². The van der Waals surface area contributed by atoms with Crippen LogP contribution in [0.1, 0.15) is 35.3 Å². The number of hydrogen-bond acceptors (Lipinski definition) is 8. The zero-order chi connectivity index (χ0) is 18.1. The smallest absolute Gasteiger partial charge is 0.397 e. The molecule has 3 heterocycles. The average Bonchev–Trinajstić information content (AvgIpc) is 3.29. The van der Waals surface area contributed by atoms with E-state index in [9.17, 15) is 4.79 Å². The summed E-state index contributed by atoms with van der Waals surface area (Å²) in [6.07, 6.45) is 2.54. The van der Waals surface area contributed by atoms with E-state index in [-0.39, 0.29) is 18.2 Å². The summed E-state index contributed by atoms with van der Waals surface area (Å²) in [6, 6.07) is 5.42. The van der Waals surface area contributed by atoms with Crippen molar-refractivity contribution in [2.24, 2.45) is 5.73 Å². The first kappa shape index (κ1) is 17.2. The van der Waals surface area contributed by atoms with E-state index >= 15 is 0 Å². The standard InChI is InChI=1S/C15H18N5O5P/c16-10-1-3-12-9(5-10)6-22-26(25-12)23-7-11-2-4-13(24-11)20-8-18-15(19-20)14(17)21/h1,3,5,8,11,13H,2,4,6-7,16H2,(H2,17,21). The van der Waals surface area contributed by atoms with Crippen LogP contribution in [0.5, 0.6) is 5.75 Å². The van der Waals surface area contributed by atoms with E-state index in [4.69, 9.17) is 29.8 Å². The fourth-order valence-corrected chi connectivity index (χ4v) is 3.82. The van der Waals surface area contributed by atoms with Crippen LogP contribution in [-0.4, -0.2) is 33.4 Å². The van der Waals surface area contributed by atoms with Gasteiger partial charge in [-0.1, -0.05) is 0 Å². The van der Waals surface area contributed by atoms with Gasteiger partial charge < -0.3 is 20.7 Å². The molecule has 10 nitrogen and oxygen atoms in total. The van der Waals surface area contributed by atoms with E-state index in [0.29, 0.717) is 18.9 Å². The number of hydrogen-bond donors (Lipinski definition) is 2. The number of carbonyl (C=O) groups excluding carboxylic acids is 1. The van der Waals surface area contributed by atoms with E-state index in [2.05, 4.69) is 10.1 Å². The van der Waals surface area contributed by atoms with Crippen molar-refractivity contribution in [3.8, 4) is 5.75 Å². The summed E-state index contributed by atoms with van der Waals surface area (Å²) in [5, 5.41) is 4.02. The SMILES string of the molecule is NC(=O)c1ncn(C2CCC(COP3OCc4cc(N)ccc4O3)O2)n1. The van der Waals surface area contributed by atoms with Gasteiger partial charge in [0.1, 0.15) is 12.1 Å². The maximum atomic E-state index is 11.1. The minimum atomic E-state index is -1.47. The molecule has 1 amide bonds. The zero-order valence-electron chi connectivity index (χ0n) is 13.8. The van der Waals surface area contributed by atoms with Crippen LogP contribution in [-0.2, 0) is 20.4 Å². The first-order chi connectivity index (χ1) is 12.6. The number of carbonyl (C=O) groups is 1. The molecule has 11 heteroatoms. The van der Waals surface area contributed by atoms with Crippen molar-refractivity contribution < 1.29 is 23.1 Å². The van der Waals surface area contributed by atoms with Gasteiger partial charge in [-0.25, -0.2) is 9.67 Å². The van der Waals surface area contributed by atoms with Gasteiger partial charge >= 0.3 is 8.60 Å². The van der Waals surface area contributed by atoms with Crippen molar-refractivity contribution in [3.63, 3.8) is 0 Å². The van der Waals surface area contributed by atoms with Crippen LogP contribution in [0.2, 0.25) is 0 Å². The zero-order valence-corrected chi connectivity index (χ0v) is 14.7. The number of aromatic nitrogens is 3. The molecule has 3 unspecified atom stereocenters. The van der Waals surface area contributed by atoms with Gasteiger partial charge in [-0.05, 0) is 31.0 Å². The second kappa shape index (κ2) is 7.16. The molecular weight excluding hydrogens is 361 g/mol. The van der Waals surface area contributed by atoms with Crippen LogP contribution >= 0.6 is 8.60 Å². The van der Waals surface area contributed by atoms with Gasteiger partial charge in [-0.15, -0.1) is 5.10 Å². The number of primary amides is 1. The normalized spacial score (nSPS) is 24.8. The second-order valence-corrected chi connectivity index (χ2v) is 7.10. The molecule has 4 N–H and O–H groups in total. The number of benzene rings is 1. The number of nitrogen functional groups attached to an aromatic ring is 1. The Morgan fingerprint density at radius 1 is 1.42 bits per heavy atom. The quantitative estimate of drug-likeness (QED) is 0.589. The molecule has 0 spiro atoms. The fourth-order valence-electron chi connectivity index (χ4n) is 2.77. The molecule has 0 radical (unpaired) electrons. The van der Waals surface area contributed by atoms with Gasteiger partial charge in [0.15, 0.2) is 6.23 Å². The average molecular weight is 379 g/mol. The summed E-state index contributed by atoms with van der Waals surface area (Å²) >= 11 is 0. The molecule has 138 valence electrons. The van der Waals surface area contributed by atoms with Gasteiger partial charge in [-0.2, -0.15) is 0 Å². The van der Waals surface area contributed by atoms with E-state index < -0.39 is 14.5 Å². The molecule has 2 aromatic rings. The summed E-state index contributed by atoms with van der Waals surface area (Å²) in [7, 11) is -1.47. The lowest BCUT2D eigenvalue weighted by atomic mass is 10.2. The Balaban J connectivity index is 1.28. The summed E-state index contributed by atoms with van der Waals surface area (Å²) in [6.45, 7) is 0.735. The lowest BCUT2D eigenvalue weighted by molar-refractivity contribution is -0.0267. The first-order valence-corrected chi connectivity index (χ1v) is 9.17. The second-order valence-electron chi connectivity index (χ2n) is 5.95. The summed E-state index contributed by atoms with van der Waals surface area (Å²) in [5.74, 6) is 0.0292. The third-order valence-electron chi connectivity index (χ3n) is 4.06. The van der Waals surface area contributed by atoms with Gasteiger partial charge in [0, 0.05) is 11.3 Å². The molecule has 1 aromatic carbocycles. The first-order valence-electron chi connectivity index (χ1n) is 8.07. The summed E-state index contributed by atoms with van der Waals surface area (Å²) < 4.78 is 24.4. The number of anilines is 1. The van der Waals surface area contributed by atoms with Gasteiger partial charge in [0.05, 0.1) is 19.3 Å². The highest BCUT2D eigenvalue weighted by atomic mass is 31.2. The number of rotatable bonds is 5. The van der Waals surface area contributed by atoms with E-state index in [1.165, 1.54) is 11.0 Å². The van der Waals surface area contributed by atoms with E-state index in [1.807, 2.05) is 12.1 Å². The highest BCUT2D eigenvalue weighted by Gasteiger charge is 2.31. The van der Waals surface area contributed by atoms with Crippen LogP contribution in [0, 0.1) is 0 Å². The molecule has 26 heavy (non-hydrogen) atoms. The molecule has 1 saturated heterocycles. The number of amides is 1. The number of nitrogens with two attached hydrogens (primary N) is 2. The largest absolute Gasteiger partial charge is 0.426 e. The Bertz CT molecular complexity index is 815. The van der Waals surface area contributed by atoms with Crippen molar-refractivity contribution >= 4 is 20.2 Å². The predicted molar refractivity (Wildman–Crippen MR) is 90.8 cm³/mol. The van der Waals surface area contributed by atoms with Crippen molar-refractivity contribution in [1.29, 1.82) is 0 Å². The minimum absolute atomic E-state index is 0.0277. The maximum Gasteiger partial charge on any atom is 0.397 e. The third-order valence-corrected chi connectivity index (χ3v) is 5.10. The van der Waals surface area contributed by atoms with Gasteiger partial charge in [-0.3, -0.25) is 13.8 Å². The number of fused-ring (bicyclic) bond motifs is 1. The topological polar surface area (TPSA) is 137 Å². The van der Waals surface area contributed by atoms with E-state index in [1.54, 1.807) is 6.07 Å². The Kier molecular flexibility index (Phi) is 4.73. The Morgan fingerprint density at radius 3 is 3.12 bits per heavy atom. The van der Waals surface area contributed by atoms with Crippen LogP contribution in [0.25, 0.3) is 0 Å². The summed E-state index contributed by atoms with van der Waals surface area (Å²) in [5.41, 5.74) is 12.5. The van der Waals surface area contributed by atoms with Crippen LogP contribution < -0.4 is 16.0 Å². The van der Waals surface area contributed by atoms with Gasteiger partial charge in [0.2, 0.25) is 5.82 Å². The van der Waals surface area contributed by atoms with Gasteiger partial charge in [0.25, 0.3) is 5.91 Å². The summed E-state index contributed by atoms with van der Waals surface area (Å²) in [4.78, 5) is 14.9. The molecule has 2 aliphatic heterocycles. The molecule has 0 aliphatic carbocycles. The third kappa shape index (κ3) is 3.63. The fraction of sp³-hybridized carbons (Fsp3) is 0.400. The highest BCUT2D eigenvalue weighted by molar-refractivity contribution is 7.42. The lowest BCUT2D eigenvalue weighted by Gasteiger charge is -2.25. The highest BCUT2D eigenvalue weighted by Crippen LogP contribution is 2.48. The van der Waals surface area contributed by atoms with Crippen LogP contribution in [0.3, 0.4) is 0 Å². The maximum absolute atomic E-state index is 11.1. The Labute approximate surface area is 150 Å². The molecule has 3 atom stereocenters. The molecule has 1 aromatic heterocycles. The molecule has 1 fully saturated rings. The molecular formula is C15H18N5O5P. The molecule has 2 aliphatic rings. The van der Waals surface area contributed by atoms with Crippen molar-refractivity contribution in [2.75, 3.05) is 12.3 Å². The minimum Gasteiger partial charge on any atom is -0.426 e. The number of nitrogens with zero attached hydrogens (tertiary/aromatic N) is 3. The number of ether oxygens (including phenoxy) is 1. The molecule has 0 bridgehead atoms. The molecule has 4 rings (SSSR count). The van der Waals surface area contributed by atoms with Crippen LogP contribution in [0.15, 0.2) is 24.5 Å². The van der Waals surface area contributed by atoms with Crippen molar-refractivity contribution in [2.45, 2.75) is 31.8 Å². The van der Waals surface area contributed by atoms with E-state index in [0.717, 1.165) is 24.2 Å². The Hall–Kier alpha value is -2.26. The van der Waals surface area contributed by atoms with Crippen molar-refractivity contribution in [1.82, 2.24) is 14.8 Å².